The third-order valence-electron chi connectivity index (χ3n) is 4.43. The van der Waals surface area contributed by atoms with Crippen molar-refractivity contribution in [2.75, 3.05) is 13.3 Å². The van der Waals surface area contributed by atoms with Crippen molar-refractivity contribution in [3.63, 3.8) is 0 Å². The number of ether oxygens (including phenoxy) is 2. The molecule has 0 saturated carbocycles. The van der Waals surface area contributed by atoms with Crippen LogP contribution in [0.5, 0.6) is 11.5 Å². The second-order valence-corrected chi connectivity index (χ2v) is 6.15. The molecule has 1 aliphatic heterocycles. The minimum Gasteiger partial charge on any atom is -0.454 e. The zero-order valence-corrected chi connectivity index (χ0v) is 14.5. The molecule has 3 aromatic rings. The molecule has 2 aromatic carbocycles. The molecule has 6 nitrogen and oxygen atoms in total. The molecule has 4 rings (SSSR count). The van der Waals surface area contributed by atoms with E-state index in [1.54, 1.807) is 24.3 Å². The lowest BCUT2D eigenvalue weighted by atomic mass is 10.1. The standard InChI is InChI=1S/C21H17N3O3/c22-11-16(9-14-5-6-19-20(10-14)27-13-26-19)21(25)23-8-7-15-12-24-18-4-2-1-3-17(15)18/h1-6,9-10,12,24H,7-8,13H2,(H,23,25)/b16-9-. The van der Waals surface area contributed by atoms with Gasteiger partial charge in [0.05, 0.1) is 0 Å². The number of para-hydroxylation sites is 1. The molecule has 0 unspecified atom stereocenters. The van der Waals surface area contributed by atoms with E-state index < -0.39 is 5.91 Å². The molecule has 27 heavy (non-hydrogen) atoms. The number of rotatable bonds is 5. The second kappa shape index (κ2) is 7.26. The number of carbonyl (C=O) groups is 1. The molecular weight excluding hydrogens is 342 g/mol. The molecule has 1 amide bonds. The van der Waals surface area contributed by atoms with E-state index in [-0.39, 0.29) is 12.4 Å². The Morgan fingerprint density at radius 3 is 2.96 bits per heavy atom. The molecule has 0 spiro atoms. The fourth-order valence-corrected chi connectivity index (χ4v) is 3.06. The van der Waals surface area contributed by atoms with Gasteiger partial charge < -0.3 is 19.8 Å². The number of nitrogens with one attached hydrogen (secondary N) is 2. The van der Waals surface area contributed by atoms with Gasteiger partial charge in [-0.3, -0.25) is 4.79 Å². The summed E-state index contributed by atoms with van der Waals surface area (Å²) in [5.41, 5.74) is 2.96. The van der Waals surface area contributed by atoms with Crippen LogP contribution in [0.1, 0.15) is 11.1 Å². The number of hydrogen-bond donors (Lipinski definition) is 2. The van der Waals surface area contributed by atoms with Crippen LogP contribution in [0, 0.1) is 11.3 Å². The van der Waals surface area contributed by atoms with Gasteiger partial charge in [0.2, 0.25) is 6.79 Å². The zero-order chi connectivity index (χ0) is 18.6. The Labute approximate surface area is 156 Å². The van der Waals surface area contributed by atoms with E-state index in [9.17, 15) is 10.1 Å². The summed E-state index contributed by atoms with van der Waals surface area (Å²) in [5.74, 6) is 0.879. The molecule has 0 fully saturated rings. The van der Waals surface area contributed by atoms with Crippen LogP contribution >= 0.6 is 0 Å². The van der Waals surface area contributed by atoms with Crippen LogP contribution in [0.25, 0.3) is 17.0 Å². The summed E-state index contributed by atoms with van der Waals surface area (Å²) < 4.78 is 10.6. The van der Waals surface area contributed by atoms with Crippen molar-refractivity contribution in [2.24, 2.45) is 0 Å². The number of nitriles is 1. The number of amides is 1. The number of benzene rings is 2. The fourth-order valence-electron chi connectivity index (χ4n) is 3.06. The Bertz CT molecular complexity index is 1080. The van der Waals surface area contributed by atoms with E-state index in [0.717, 1.165) is 16.5 Å². The molecule has 0 radical (unpaired) electrons. The highest BCUT2D eigenvalue weighted by atomic mass is 16.7. The number of fused-ring (bicyclic) bond motifs is 2. The summed E-state index contributed by atoms with van der Waals surface area (Å²) >= 11 is 0. The molecular formula is C21H17N3O3. The van der Waals surface area contributed by atoms with Gasteiger partial charge in [-0.1, -0.05) is 24.3 Å². The largest absolute Gasteiger partial charge is 0.454 e. The first-order chi connectivity index (χ1) is 13.2. The number of hydrogen-bond acceptors (Lipinski definition) is 4. The molecule has 2 heterocycles. The average molecular weight is 359 g/mol. The summed E-state index contributed by atoms with van der Waals surface area (Å²) in [6, 6.07) is 15.3. The third-order valence-corrected chi connectivity index (χ3v) is 4.43. The normalized spacial score (nSPS) is 12.8. The van der Waals surface area contributed by atoms with Gasteiger partial charge in [0.25, 0.3) is 5.91 Å². The maximum Gasteiger partial charge on any atom is 0.261 e. The van der Waals surface area contributed by atoms with E-state index in [1.165, 1.54) is 0 Å². The van der Waals surface area contributed by atoms with Crippen molar-refractivity contribution < 1.29 is 14.3 Å². The van der Waals surface area contributed by atoms with Crippen LogP contribution in [0.4, 0.5) is 0 Å². The van der Waals surface area contributed by atoms with E-state index >= 15 is 0 Å². The molecule has 0 aliphatic carbocycles. The van der Waals surface area contributed by atoms with Crippen LogP contribution < -0.4 is 14.8 Å². The molecule has 0 saturated heterocycles. The summed E-state index contributed by atoms with van der Waals surface area (Å²) in [7, 11) is 0. The first-order valence-corrected chi connectivity index (χ1v) is 8.59. The summed E-state index contributed by atoms with van der Waals surface area (Å²) in [5, 5.41) is 13.3. The van der Waals surface area contributed by atoms with Gasteiger partial charge in [-0.2, -0.15) is 5.26 Å². The molecule has 1 aromatic heterocycles. The van der Waals surface area contributed by atoms with E-state index in [1.807, 2.05) is 36.5 Å². The van der Waals surface area contributed by atoms with Crippen LogP contribution in [0.2, 0.25) is 0 Å². The summed E-state index contributed by atoms with van der Waals surface area (Å²) in [6.45, 7) is 0.628. The van der Waals surface area contributed by atoms with Crippen molar-refractivity contribution in [1.29, 1.82) is 5.26 Å². The smallest absolute Gasteiger partial charge is 0.261 e. The van der Waals surface area contributed by atoms with Gasteiger partial charge in [0.1, 0.15) is 11.6 Å². The predicted molar refractivity (Wildman–Crippen MR) is 101 cm³/mol. The molecule has 2 N–H and O–H groups in total. The lowest BCUT2D eigenvalue weighted by Crippen LogP contribution is -2.26. The number of nitrogens with zero attached hydrogens (tertiary/aromatic N) is 1. The summed E-state index contributed by atoms with van der Waals surface area (Å²) in [4.78, 5) is 15.6. The van der Waals surface area contributed by atoms with Crippen molar-refractivity contribution in [1.82, 2.24) is 10.3 Å². The number of carbonyl (C=O) groups excluding carboxylic acids is 1. The Hall–Kier alpha value is -3.72. The maximum absolute atomic E-state index is 12.3. The quantitative estimate of drug-likeness (QED) is 0.541. The lowest BCUT2D eigenvalue weighted by Gasteiger charge is -2.04. The molecule has 0 bridgehead atoms. The minimum absolute atomic E-state index is 0.0489. The zero-order valence-electron chi connectivity index (χ0n) is 14.5. The van der Waals surface area contributed by atoms with Gasteiger partial charge in [0.15, 0.2) is 11.5 Å². The van der Waals surface area contributed by atoms with Crippen LogP contribution in [0.3, 0.4) is 0 Å². The highest BCUT2D eigenvalue weighted by Crippen LogP contribution is 2.33. The van der Waals surface area contributed by atoms with Gasteiger partial charge in [-0.25, -0.2) is 0 Å². The topological polar surface area (TPSA) is 87.1 Å². The van der Waals surface area contributed by atoms with Crippen molar-refractivity contribution in [3.05, 3.63) is 65.4 Å². The van der Waals surface area contributed by atoms with Gasteiger partial charge in [-0.15, -0.1) is 0 Å². The van der Waals surface area contributed by atoms with E-state index in [4.69, 9.17) is 9.47 Å². The van der Waals surface area contributed by atoms with Crippen molar-refractivity contribution >= 4 is 22.9 Å². The highest BCUT2D eigenvalue weighted by Gasteiger charge is 2.14. The van der Waals surface area contributed by atoms with E-state index in [2.05, 4.69) is 10.3 Å². The van der Waals surface area contributed by atoms with Crippen molar-refractivity contribution in [2.45, 2.75) is 6.42 Å². The Kier molecular flexibility index (Phi) is 4.50. The van der Waals surface area contributed by atoms with Gasteiger partial charge in [0, 0.05) is 23.6 Å². The molecule has 1 aliphatic rings. The van der Waals surface area contributed by atoms with Crippen LogP contribution in [-0.2, 0) is 11.2 Å². The number of aromatic amines is 1. The maximum atomic E-state index is 12.3. The lowest BCUT2D eigenvalue weighted by molar-refractivity contribution is -0.117. The van der Waals surface area contributed by atoms with E-state index in [0.29, 0.717) is 30.0 Å². The van der Waals surface area contributed by atoms with Crippen LogP contribution in [-0.4, -0.2) is 24.2 Å². The Morgan fingerprint density at radius 2 is 2.07 bits per heavy atom. The third kappa shape index (κ3) is 3.48. The molecule has 0 atom stereocenters. The van der Waals surface area contributed by atoms with Gasteiger partial charge in [-0.05, 0) is 41.8 Å². The number of H-pyrrole nitrogens is 1. The minimum atomic E-state index is -0.394. The van der Waals surface area contributed by atoms with Crippen molar-refractivity contribution in [3.8, 4) is 17.6 Å². The summed E-state index contributed by atoms with van der Waals surface area (Å²) in [6.07, 6.45) is 4.17. The second-order valence-electron chi connectivity index (χ2n) is 6.15. The van der Waals surface area contributed by atoms with Crippen LogP contribution in [0.15, 0.2) is 54.2 Å². The van der Waals surface area contributed by atoms with Gasteiger partial charge >= 0.3 is 0 Å². The highest BCUT2D eigenvalue weighted by molar-refractivity contribution is 6.01. The first kappa shape index (κ1) is 16.7. The SMILES string of the molecule is N#C/C(=C/c1ccc2c(c1)OCO2)C(=O)NCCc1c[nH]c2ccccc12. The Balaban J connectivity index is 1.41. The Morgan fingerprint density at radius 1 is 1.22 bits per heavy atom. The number of aromatic nitrogens is 1. The fraction of sp³-hybridized carbons (Fsp3) is 0.143. The average Bonchev–Trinajstić information content (AvgIpc) is 3.32. The molecule has 6 heteroatoms. The predicted octanol–water partition coefficient (Wildman–Crippen LogP) is 3.16. The molecule has 134 valence electrons. The monoisotopic (exact) mass is 359 g/mol. The first-order valence-electron chi connectivity index (χ1n) is 8.59.